The van der Waals surface area contributed by atoms with Gasteiger partial charge in [0.25, 0.3) is 6.02 Å². The van der Waals surface area contributed by atoms with E-state index in [4.69, 9.17) is 9.73 Å². The van der Waals surface area contributed by atoms with Gasteiger partial charge in [-0.25, -0.2) is 9.38 Å². The number of likely N-dealkylation sites (tertiary alicyclic amines) is 1. The number of piperidine rings is 1. The van der Waals surface area contributed by atoms with E-state index in [1.165, 1.54) is 16.7 Å². The van der Waals surface area contributed by atoms with Gasteiger partial charge in [-0.1, -0.05) is 66.7 Å². The van der Waals surface area contributed by atoms with Crippen molar-refractivity contribution in [2.75, 3.05) is 26.2 Å². The molecule has 34 heavy (non-hydrogen) atoms. The first kappa shape index (κ1) is 21.4. The van der Waals surface area contributed by atoms with Gasteiger partial charge in [-0.3, -0.25) is 4.90 Å². The Bertz CT molecular complexity index is 1170. The minimum Gasteiger partial charge on any atom is -0.463 e. The molecule has 5 heteroatoms. The predicted molar refractivity (Wildman–Crippen MR) is 132 cm³/mol. The van der Waals surface area contributed by atoms with E-state index in [1.54, 1.807) is 12.1 Å². The number of benzene rings is 3. The molecule has 0 N–H and O–H groups in total. The highest BCUT2D eigenvalue weighted by Gasteiger charge is 2.43. The van der Waals surface area contributed by atoms with Gasteiger partial charge in [0.15, 0.2) is 0 Å². The van der Waals surface area contributed by atoms with Crippen LogP contribution in [0.2, 0.25) is 0 Å². The van der Waals surface area contributed by atoms with E-state index in [1.807, 2.05) is 12.1 Å². The van der Waals surface area contributed by atoms with Crippen molar-refractivity contribution in [2.24, 2.45) is 4.99 Å². The van der Waals surface area contributed by atoms with Gasteiger partial charge in [-0.05, 0) is 53.6 Å². The van der Waals surface area contributed by atoms with Crippen molar-refractivity contribution in [2.45, 2.75) is 37.4 Å². The second-order valence-electron chi connectivity index (χ2n) is 9.77. The standard InChI is InChI=1S/C29H30FN3O/c30-25-12-10-24(11-13-25)27-26-9-5-4-8-23(26)14-17-33(27)28-31-29(21-34-28)15-18-32(19-16-29)20-22-6-2-1-3-7-22/h1-13,27H,14-21H2. The normalized spacial score (nSPS) is 21.7. The highest BCUT2D eigenvalue weighted by Crippen LogP contribution is 2.39. The molecule has 174 valence electrons. The van der Waals surface area contributed by atoms with Crippen molar-refractivity contribution in [3.05, 3.63) is 107 Å². The van der Waals surface area contributed by atoms with Gasteiger partial charge >= 0.3 is 0 Å². The molecule has 1 spiro atoms. The van der Waals surface area contributed by atoms with Gasteiger partial charge in [0.2, 0.25) is 0 Å². The zero-order valence-electron chi connectivity index (χ0n) is 19.4. The first-order valence-corrected chi connectivity index (χ1v) is 12.3. The molecule has 0 amide bonds. The summed E-state index contributed by atoms with van der Waals surface area (Å²) in [6.07, 6.45) is 2.97. The molecule has 3 aliphatic rings. The van der Waals surface area contributed by atoms with E-state index < -0.39 is 0 Å². The molecule has 0 aliphatic carbocycles. The van der Waals surface area contributed by atoms with Crippen LogP contribution in [0, 0.1) is 5.82 Å². The number of halogens is 1. The molecule has 4 nitrogen and oxygen atoms in total. The number of amidine groups is 1. The van der Waals surface area contributed by atoms with E-state index >= 15 is 0 Å². The summed E-state index contributed by atoms with van der Waals surface area (Å²) in [5.41, 5.74) is 4.89. The van der Waals surface area contributed by atoms with Crippen LogP contribution in [0.25, 0.3) is 0 Å². The minimum atomic E-state index is -0.213. The summed E-state index contributed by atoms with van der Waals surface area (Å²) in [5, 5.41) is 0. The van der Waals surface area contributed by atoms with Gasteiger partial charge in [0.05, 0.1) is 6.04 Å². The maximum Gasteiger partial charge on any atom is 0.288 e. The summed E-state index contributed by atoms with van der Waals surface area (Å²) in [6, 6.07) is 26.9. The average Bonchev–Trinajstić information content (AvgIpc) is 3.29. The first-order valence-electron chi connectivity index (χ1n) is 12.3. The van der Waals surface area contributed by atoms with Crippen molar-refractivity contribution in [3.8, 4) is 0 Å². The molecule has 0 radical (unpaired) electrons. The maximum absolute atomic E-state index is 13.7. The van der Waals surface area contributed by atoms with Gasteiger partial charge in [0, 0.05) is 26.2 Å². The number of hydrogen-bond acceptors (Lipinski definition) is 4. The van der Waals surface area contributed by atoms with E-state index in [0.29, 0.717) is 6.61 Å². The fraction of sp³-hybridized carbons (Fsp3) is 0.345. The Kier molecular flexibility index (Phi) is 5.58. The molecule has 3 aliphatic heterocycles. The maximum atomic E-state index is 13.7. The van der Waals surface area contributed by atoms with Crippen LogP contribution in [0.5, 0.6) is 0 Å². The molecule has 6 rings (SSSR count). The van der Waals surface area contributed by atoms with Crippen molar-refractivity contribution in [1.82, 2.24) is 9.80 Å². The molecular weight excluding hydrogens is 425 g/mol. The van der Waals surface area contributed by atoms with Crippen LogP contribution in [-0.4, -0.2) is 47.6 Å². The molecule has 1 saturated heterocycles. The second-order valence-corrected chi connectivity index (χ2v) is 9.77. The molecule has 0 saturated carbocycles. The lowest BCUT2D eigenvalue weighted by Crippen LogP contribution is -2.43. The molecule has 1 fully saturated rings. The van der Waals surface area contributed by atoms with Crippen molar-refractivity contribution < 1.29 is 9.13 Å². The quantitative estimate of drug-likeness (QED) is 0.544. The fourth-order valence-electron chi connectivity index (χ4n) is 5.62. The van der Waals surface area contributed by atoms with E-state index in [2.05, 4.69) is 64.4 Å². The van der Waals surface area contributed by atoms with Gasteiger partial charge < -0.3 is 9.64 Å². The second kappa shape index (κ2) is 8.88. The highest BCUT2D eigenvalue weighted by atomic mass is 19.1. The molecule has 0 aromatic heterocycles. The Balaban J connectivity index is 1.23. The van der Waals surface area contributed by atoms with E-state index in [-0.39, 0.29) is 17.4 Å². The highest BCUT2D eigenvalue weighted by molar-refractivity contribution is 5.78. The Morgan fingerprint density at radius 2 is 1.62 bits per heavy atom. The lowest BCUT2D eigenvalue weighted by Gasteiger charge is -2.38. The van der Waals surface area contributed by atoms with Gasteiger partial charge in [-0.15, -0.1) is 0 Å². The summed E-state index contributed by atoms with van der Waals surface area (Å²) >= 11 is 0. The van der Waals surface area contributed by atoms with Gasteiger partial charge in [-0.2, -0.15) is 0 Å². The Labute approximate surface area is 200 Å². The first-order chi connectivity index (χ1) is 16.7. The van der Waals surface area contributed by atoms with Gasteiger partial charge in [0.1, 0.15) is 18.0 Å². The summed E-state index contributed by atoms with van der Waals surface area (Å²) < 4.78 is 20.0. The number of fused-ring (bicyclic) bond motifs is 1. The van der Waals surface area contributed by atoms with Crippen LogP contribution in [0.4, 0.5) is 4.39 Å². The van der Waals surface area contributed by atoms with Crippen LogP contribution in [0.3, 0.4) is 0 Å². The molecule has 1 atom stereocenters. The largest absolute Gasteiger partial charge is 0.463 e. The van der Waals surface area contributed by atoms with E-state index in [9.17, 15) is 4.39 Å². The third kappa shape index (κ3) is 4.09. The Morgan fingerprint density at radius 1 is 0.882 bits per heavy atom. The smallest absolute Gasteiger partial charge is 0.288 e. The zero-order valence-corrected chi connectivity index (χ0v) is 19.4. The number of aliphatic imine (C=N–C) groups is 1. The number of nitrogens with zero attached hydrogens (tertiary/aromatic N) is 3. The van der Waals surface area contributed by atoms with Crippen LogP contribution in [0.1, 0.15) is 41.1 Å². The number of rotatable bonds is 3. The van der Waals surface area contributed by atoms with Crippen LogP contribution in [0.15, 0.2) is 83.9 Å². The topological polar surface area (TPSA) is 28.1 Å². The fourth-order valence-corrected chi connectivity index (χ4v) is 5.62. The van der Waals surface area contributed by atoms with Crippen LogP contribution >= 0.6 is 0 Å². The molecular formula is C29H30FN3O. The number of hydrogen-bond donors (Lipinski definition) is 0. The summed E-state index contributed by atoms with van der Waals surface area (Å²) in [5.74, 6) is -0.213. The molecule has 3 aromatic rings. The average molecular weight is 456 g/mol. The van der Waals surface area contributed by atoms with E-state index in [0.717, 1.165) is 57.0 Å². The Morgan fingerprint density at radius 3 is 2.41 bits per heavy atom. The lowest BCUT2D eigenvalue weighted by atomic mass is 9.88. The summed E-state index contributed by atoms with van der Waals surface area (Å²) in [4.78, 5) is 10.0. The SMILES string of the molecule is Fc1ccc(C2c3ccccc3CCN2C2=NC3(CCN(Cc4ccccc4)CC3)CO2)cc1. The van der Waals surface area contributed by atoms with Crippen LogP contribution < -0.4 is 0 Å². The molecule has 0 bridgehead atoms. The number of ether oxygens (including phenoxy) is 1. The summed E-state index contributed by atoms with van der Waals surface area (Å²) in [6.45, 7) is 4.53. The molecule has 3 heterocycles. The van der Waals surface area contributed by atoms with Crippen LogP contribution in [-0.2, 0) is 17.7 Å². The van der Waals surface area contributed by atoms with Crippen molar-refractivity contribution in [3.63, 3.8) is 0 Å². The monoisotopic (exact) mass is 455 g/mol. The van der Waals surface area contributed by atoms with Crippen molar-refractivity contribution >= 4 is 6.02 Å². The third-order valence-electron chi connectivity index (χ3n) is 7.55. The minimum absolute atomic E-state index is 0.0161. The lowest BCUT2D eigenvalue weighted by molar-refractivity contribution is 0.125. The molecule has 1 unspecified atom stereocenters. The Hall–Kier alpha value is -3.18. The van der Waals surface area contributed by atoms with Crippen molar-refractivity contribution in [1.29, 1.82) is 0 Å². The third-order valence-corrected chi connectivity index (χ3v) is 7.55. The predicted octanol–water partition coefficient (Wildman–Crippen LogP) is 5.19. The summed E-state index contributed by atoms with van der Waals surface area (Å²) in [7, 11) is 0. The molecule has 3 aromatic carbocycles. The zero-order chi connectivity index (χ0) is 23.0.